The van der Waals surface area contributed by atoms with Gasteiger partial charge in [0.05, 0.1) is 28.7 Å². The molecule has 1 aromatic heterocycles. The summed E-state index contributed by atoms with van der Waals surface area (Å²) in [5.74, 6) is 0.161. The summed E-state index contributed by atoms with van der Waals surface area (Å²) in [7, 11) is 0. The van der Waals surface area contributed by atoms with E-state index in [0.29, 0.717) is 28.1 Å². The molecule has 0 unspecified atom stereocenters. The number of carbonyl (C=O) groups excluding carboxylic acids is 2. The molecule has 3 aromatic rings. The molecule has 0 fully saturated rings. The zero-order chi connectivity index (χ0) is 28.6. The molecule has 0 N–H and O–H groups in total. The second-order valence-electron chi connectivity index (χ2n) is 9.28. The normalized spacial score (nSPS) is 12.7. The SMILES string of the molecule is CC(=O)O[C@H](CCl)COc1ccc(C(C)(C)c2ccc(OC[C@@H](Cn3c#cnc3)OC(C)=O)c(Cl)c2)cc1Cl. The molecule has 208 valence electrons. The van der Waals surface area contributed by atoms with Crippen LogP contribution in [0, 0.1) is 12.4 Å². The van der Waals surface area contributed by atoms with Gasteiger partial charge in [0.1, 0.15) is 37.1 Å². The first-order chi connectivity index (χ1) is 18.5. The Morgan fingerprint density at radius 1 is 0.923 bits per heavy atom. The third-order valence-electron chi connectivity index (χ3n) is 5.85. The molecule has 0 bridgehead atoms. The average Bonchev–Trinajstić information content (AvgIpc) is 3.38. The molecule has 39 heavy (non-hydrogen) atoms. The van der Waals surface area contributed by atoms with Crippen molar-refractivity contribution in [2.45, 2.75) is 51.9 Å². The van der Waals surface area contributed by atoms with Crippen LogP contribution < -0.4 is 9.47 Å². The van der Waals surface area contributed by atoms with E-state index < -0.39 is 29.6 Å². The van der Waals surface area contributed by atoms with Crippen LogP contribution in [0.25, 0.3) is 0 Å². The van der Waals surface area contributed by atoms with E-state index in [9.17, 15) is 9.59 Å². The monoisotopic (exact) mass is 594 g/mol. The quantitative estimate of drug-likeness (QED) is 0.186. The maximum absolute atomic E-state index is 11.5. The molecule has 0 amide bonds. The summed E-state index contributed by atoms with van der Waals surface area (Å²) >= 11 is 18.9. The van der Waals surface area contributed by atoms with Crippen molar-refractivity contribution in [3.05, 3.63) is 76.3 Å². The van der Waals surface area contributed by atoms with Crippen molar-refractivity contribution in [2.75, 3.05) is 19.1 Å². The molecular weight excluding hydrogens is 567 g/mol. The summed E-state index contributed by atoms with van der Waals surface area (Å²) in [6.45, 7) is 7.23. The van der Waals surface area contributed by atoms with Gasteiger partial charge < -0.3 is 18.9 Å². The third kappa shape index (κ3) is 8.69. The topological polar surface area (TPSA) is 88.9 Å². The lowest BCUT2D eigenvalue weighted by Crippen LogP contribution is -2.28. The van der Waals surface area contributed by atoms with E-state index in [4.69, 9.17) is 53.8 Å². The Hall–Kier alpha value is -3.12. The predicted octanol–water partition coefficient (Wildman–Crippen LogP) is 5.68. The fourth-order valence-corrected chi connectivity index (χ4v) is 4.40. The van der Waals surface area contributed by atoms with Crippen molar-refractivity contribution in [1.82, 2.24) is 9.55 Å². The Labute approximate surface area is 243 Å². The van der Waals surface area contributed by atoms with Crippen molar-refractivity contribution in [3.63, 3.8) is 0 Å². The second-order valence-corrected chi connectivity index (χ2v) is 10.4. The Kier molecular flexibility index (Phi) is 10.8. The zero-order valence-corrected chi connectivity index (χ0v) is 24.3. The van der Waals surface area contributed by atoms with Crippen LogP contribution in [0.1, 0.15) is 38.8 Å². The van der Waals surface area contributed by atoms with Gasteiger partial charge in [-0.3, -0.25) is 14.2 Å². The van der Waals surface area contributed by atoms with Gasteiger partial charge in [-0.15, -0.1) is 11.6 Å². The second kappa shape index (κ2) is 13.8. The Morgan fingerprint density at radius 3 is 1.87 bits per heavy atom. The lowest BCUT2D eigenvalue weighted by Gasteiger charge is -2.27. The highest BCUT2D eigenvalue weighted by Gasteiger charge is 2.26. The van der Waals surface area contributed by atoms with E-state index in [1.807, 2.05) is 38.1 Å². The molecule has 0 aliphatic carbocycles. The number of rotatable bonds is 13. The maximum Gasteiger partial charge on any atom is 0.303 e. The van der Waals surface area contributed by atoms with Gasteiger partial charge in [-0.25, -0.2) is 0 Å². The van der Waals surface area contributed by atoms with Crippen molar-refractivity contribution in [3.8, 4) is 11.5 Å². The average molecular weight is 596 g/mol. The number of ether oxygens (including phenoxy) is 4. The first-order valence-electron chi connectivity index (χ1n) is 12.1. The first-order valence-corrected chi connectivity index (χ1v) is 13.3. The van der Waals surface area contributed by atoms with Crippen molar-refractivity contribution in [1.29, 1.82) is 0 Å². The Balaban J connectivity index is 1.69. The molecule has 8 nitrogen and oxygen atoms in total. The molecule has 3 rings (SSSR count). The Morgan fingerprint density at radius 2 is 1.44 bits per heavy atom. The van der Waals surface area contributed by atoms with Crippen LogP contribution in [0.4, 0.5) is 0 Å². The van der Waals surface area contributed by atoms with E-state index in [2.05, 4.69) is 17.4 Å². The zero-order valence-electron chi connectivity index (χ0n) is 22.0. The smallest absolute Gasteiger partial charge is 0.303 e. The third-order valence-corrected chi connectivity index (χ3v) is 6.78. The summed E-state index contributed by atoms with van der Waals surface area (Å²) in [6.07, 6.45) is 5.76. The summed E-state index contributed by atoms with van der Waals surface area (Å²) in [4.78, 5) is 26.5. The summed E-state index contributed by atoms with van der Waals surface area (Å²) < 4.78 is 23.7. The van der Waals surface area contributed by atoms with Crippen LogP contribution in [0.5, 0.6) is 11.5 Å². The lowest BCUT2D eigenvalue weighted by atomic mass is 9.78. The molecule has 0 saturated heterocycles. The van der Waals surface area contributed by atoms with Crippen molar-refractivity contribution in [2.24, 2.45) is 0 Å². The van der Waals surface area contributed by atoms with Gasteiger partial charge in [-0.2, -0.15) is 4.98 Å². The molecule has 0 radical (unpaired) electrons. The highest BCUT2D eigenvalue weighted by atomic mass is 35.5. The number of hydrogen-bond donors (Lipinski definition) is 0. The molecule has 0 saturated carbocycles. The van der Waals surface area contributed by atoms with Crippen LogP contribution >= 0.6 is 34.8 Å². The van der Waals surface area contributed by atoms with E-state index in [0.717, 1.165) is 11.1 Å². The standard InChI is InChI=1S/C28H29Cl3N2O6/c1-18(34)38-22(13-29)15-36-26-7-5-20(11-24(26)30)28(3,4)21-6-8-27(25(31)12-21)37-16-23(39-19(2)35)14-33-10-9-32-17-33/h5-8,11-12,17,22-23H,13-16H2,1-4H3/t22-,23-/m1/s1. The van der Waals surface area contributed by atoms with Gasteiger partial charge in [0.2, 0.25) is 0 Å². The molecular formula is C28H29Cl3N2O6. The highest BCUT2D eigenvalue weighted by molar-refractivity contribution is 6.32. The summed E-state index contributed by atoms with van der Waals surface area (Å²) in [5.41, 5.74) is 1.40. The van der Waals surface area contributed by atoms with Crippen LogP contribution in [0.3, 0.4) is 0 Å². The summed E-state index contributed by atoms with van der Waals surface area (Å²) in [5, 5.41) is 0.820. The van der Waals surface area contributed by atoms with Crippen LogP contribution in [0.2, 0.25) is 10.0 Å². The first kappa shape index (κ1) is 30.4. The van der Waals surface area contributed by atoms with E-state index in [1.54, 1.807) is 16.7 Å². The molecule has 0 aliphatic heterocycles. The van der Waals surface area contributed by atoms with E-state index in [1.165, 1.54) is 20.2 Å². The largest absolute Gasteiger partial charge is 0.488 e. The molecule has 0 spiro atoms. The fraction of sp³-hybridized carbons (Fsp3) is 0.393. The van der Waals surface area contributed by atoms with Gasteiger partial charge in [0.25, 0.3) is 0 Å². The van der Waals surface area contributed by atoms with Gasteiger partial charge in [0.15, 0.2) is 6.10 Å². The minimum Gasteiger partial charge on any atom is -0.488 e. The van der Waals surface area contributed by atoms with E-state index in [-0.39, 0.29) is 19.1 Å². The van der Waals surface area contributed by atoms with Gasteiger partial charge in [0, 0.05) is 25.5 Å². The van der Waals surface area contributed by atoms with Crippen molar-refractivity contribution < 1.29 is 28.5 Å². The fourth-order valence-electron chi connectivity index (χ4n) is 3.78. The number of esters is 2. The number of halogens is 3. The number of hydrogen-bond acceptors (Lipinski definition) is 7. The van der Waals surface area contributed by atoms with Gasteiger partial charge in [-0.05, 0) is 35.4 Å². The van der Waals surface area contributed by atoms with Crippen LogP contribution in [-0.4, -0.2) is 52.8 Å². The van der Waals surface area contributed by atoms with Gasteiger partial charge in [-0.1, -0.05) is 49.2 Å². The summed E-state index contributed by atoms with van der Waals surface area (Å²) in [6, 6.07) is 11.0. The van der Waals surface area contributed by atoms with Crippen LogP contribution in [-0.2, 0) is 31.0 Å². The van der Waals surface area contributed by atoms with Crippen LogP contribution in [0.15, 0.2) is 42.7 Å². The van der Waals surface area contributed by atoms with Crippen molar-refractivity contribution >= 4 is 46.7 Å². The Bertz CT molecular complexity index is 1270. The minimum absolute atomic E-state index is 0.0833. The predicted molar refractivity (Wildman–Crippen MR) is 148 cm³/mol. The maximum atomic E-state index is 11.5. The van der Waals surface area contributed by atoms with E-state index >= 15 is 0 Å². The molecule has 0 aliphatic rings. The molecule has 1 heterocycles. The number of alkyl halides is 1. The lowest BCUT2D eigenvalue weighted by molar-refractivity contribution is -0.148. The van der Waals surface area contributed by atoms with Gasteiger partial charge >= 0.3 is 11.9 Å². The number of nitrogens with zero attached hydrogens (tertiary/aromatic N) is 2. The highest BCUT2D eigenvalue weighted by Crippen LogP contribution is 2.38. The number of benzene rings is 2. The molecule has 2 atom stereocenters. The number of aromatic nitrogens is 2. The molecule has 11 heteroatoms. The minimum atomic E-state index is -0.578. The molecule has 2 aromatic carbocycles. The number of carbonyl (C=O) groups is 2.